The highest BCUT2D eigenvalue weighted by Gasteiger charge is 2.06. The molecule has 6 heteroatoms. The zero-order valence-corrected chi connectivity index (χ0v) is 10.2. The van der Waals surface area contributed by atoms with Gasteiger partial charge >= 0.3 is 6.01 Å². The summed E-state index contributed by atoms with van der Waals surface area (Å²) < 4.78 is 5.35. The van der Waals surface area contributed by atoms with Crippen LogP contribution in [0.3, 0.4) is 0 Å². The van der Waals surface area contributed by atoms with Crippen LogP contribution in [-0.2, 0) is 0 Å². The molecule has 0 N–H and O–H groups in total. The molecule has 0 aliphatic rings. The summed E-state index contributed by atoms with van der Waals surface area (Å²) in [6, 6.07) is 0.183. The van der Waals surface area contributed by atoms with Crippen LogP contribution in [0.2, 0.25) is 10.6 Å². The van der Waals surface area contributed by atoms with Gasteiger partial charge in [0.05, 0.1) is 6.61 Å². The molecule has 0 saturated carbocycles. The number of nitrogens with zero attached hydrogens (tertiary/aromatic N) is 3. The van der Waals surface area contributed by atoms with E-state index in [9.17, 15) is 0 Å². The van der Waals surface area contributed by atoms with Crippen LogP contribution in [0.1, 0.15) is 26.7 Å². The van der Waals surface area contributed by atoms with Crippen molar-refractivity contribution in [1.29, 1.82) is 0 Å². The van der Waals surface area contributed by atoms with E-state index in [-0.39, 0.29) is 16.6 Å². The van der Waals surface area contributed by atoms with E-state index in [2.05, 4.69) is 28.8 Å². The Morgan fingerprint density at radius 3 is 2.33 bits per heavy atom. The lowest BCUT2D eigenvalue weighted by atomic mass is 10.1. The third-order valence-electron chi connectivity index (χ3n) is 1.84. The van der Waals surface area contributed by atoms with E-state index < -0.39 is 0 Å². The van der Waals surface area contributed by atoms with Crippen molar-refractivity contribution in [3.05, 3.63) is 10.6 Å². The summed E-state index contributed by atoms with van der Waals surface area (Å²) in [5.74, 6) is 0.462. The highest BCUT2D eigenvalue weighted by atomic mass is 35.5. The maximum absolute atomic E-state index is 5.60. The third kappa shape index (κ3) is 4.62. The number of hydrogen-bond donors (Lipinski definition) is 0. The van der Waals surface area contributed by atoms with Gasteiger partial charge in [-0.2, -0.15) is 15.0 Å². The summed E-state index contributed by atoms with van der Waals surface area (Å²) in [5, 5.41) is 0.0984. The Bertz CT molecular complexity index is 302. The average Bonchev–Trinajstić information content (AvgIpc) is 2.14. The smallest absolute Gasteiger partial charge is 0.322 e. The molecule has 1 aromatic heterocycles. The van der Waals surface area contributed by atoms with Gasteiger partial charge in [-0.25, -0.2) is 0 Å². The maximum Gasteiger partial charge on any atom is 0.322 e. The number of halogens is 2. The molecule has 1 rings (SSSR count). The second-order valence-corrected chi connectivity index (χ2v) is 4.04. The molecule has 0 aromatic carbocycles. The Balaban J connectivity index is 2.50. The van der Waals surface area contributed by atoms with Crippen molar-refractivity contribution in [2.24, 2.45) is 5.92 Å². The molecule has 4 nitrogen and oxygen atoms in total. The summed E-state index contributed by atoms with van der Waals surface area (Å²) in [4.78, 5) is 11.2. The lowest BCUT2D eigenvalue weighted by molar-refractivity contribution is 0.233. The van der Waals surface area contributed by atoms with Gasteiger partial charge in [0, 0.05) is 0 Å². The fourth-order valence-electron chi connectivity index (χ4n) is 1.17. The van der Waals surface area contributed by atoms with E-state index in [0.29, 0.717) is 12.5 Å². The maximum atomic E-state index is 5.60. The Labute approximate surface area is 99.0 Å². The molecule has 0 aliphatic heterocycles. The lowest BCUT2D eigenvalue weighted by Gasteiger charge is -2.10. The van der Waals surface area contributed by atoms with Crippen molar-refractivity contribution >= 4 is 23.2 Å². The zero-order chi connectivity index (χ0) is 11.3. The molecular formula is C9H13Cl2N3O. The van der Waals surface area contributed by atoms with Crippen LogP contribution in [0.5, 0.6) is 6.01 Å². The van der Waals surface area contributed by atoms with E-state index in [1.165, 1.54) is 0 Å². The summed E-state index contributed by atoms with van der Waals surface area (Å²) in [5.41, 5.74) is 0. The molecule has 0 fully saturated rings. The molecule has 0 radical (unpaired) electrons. The Morgan fingerprint density at radius 2 is 1.80 bits per heavy atom. The minimum atomic E-state index is 0.0492. The first kappa shape index (κ1) is 12.5. The normalized spacial score (nSPS) is 12.5. The quantitative estimate of drug-likeness (QED) is 0.805. The van der Waals surface area contributed by atoms with Crippen molar-refractivity contribution in [3.63, 3.8) is 0 Å². The zero-order valence-electron chi connectivity index (χ0n) is 8.70. The topological polar surface area (TPSA) is 47.9 Å². The van der Waals surface area contributed by atoms with E-state index in [0.717, 1.165) is 12.8 Å². The Morgan fingerprint density at radius 1 is 1.20 bits per heavy atom. The molecule has 0 bridgehead atoms. The van der Waals surface area contributed by atoms with Gasteiger partial charge < -0.3 is 4.74 Å². The first-order chi connectivity index (χ1) is 7.11. The van der Waals surface area contributed by atoms with Crippen LogP contribution in [0.15, 0.2) is 0 Å². The van der Waals surface area contributed by atoms with Crippen LogP contribution < -0.4 is 4.74 Å². The van der Waals surface area contributed by atoms with Gasteiger partial charge in [0.1, 0.15) is 0 Å². The van der Waals surface area contributed by atoms with Crippen molar-refractivity contribution in [1.82, 2.24) is 15.0 Å². The van der Waals surface area contributed by atoms with Crippen LogP contribution in [0, 0.1) is 5.92 Å². The molecule has 1 aromatic rings. The SMILES string of the molecule is CCCC(C)COc1nc(Cl)nc(Cl)n1. The lowest BCUT2D eigenvalue weighted by Crippen LogP contribution is -2.10. The summed E-state index contributed by atoms with van der Waals surface area (Å²) in [6.07, 6.45) is 2.23. The standard InChI is InChI=1S/C9H13Cl2N3O/c1-3-4-6(2)5-15-9-13-7(10)12-8(11)14-9/h6H,3-5H2,1-2H3. The molecule has 15 heavy (non-hydrogen) atoms. The van der Waals surface area contributed by atoms with Crippen LogP contribution in [0.25, 0.3) is 0 Å². The molecule has 0 amide bonds. The van der Waals surface area contributed by atoms with Crippen LogP contribution in [-0.4, -0.2) is 21.6 Å². The van der Waals surface area contributed by atoms with Crippen molar-refractivity contribution in [3.8, 4) is 6.01 Å². The molecule has 0 saturated heterocycles. The average molecular weight is 250 g/mol. The van der Waals surface area contributed by atoms with Gasteiger partial charge in [-0.15, -0.1) is 0 Å². The Kier molecular flexibility index (Phi) is 5.05. The highest BCUT2D eigenvalue weighted by molar-refractivity contribution is 6.31. The largest absolute Gasteiger partial charge is 0.463 e. The molecule has 84 valence electrons. The summed E-state index contributed by atoms with van der Waals surface area (Å²) >= 11 is 11.2. The molecule has 1 atom stereocenters. The fraction of sp³-hybridized carbons (Fsp3) is 0.667. The molecular weight excluding hydrogens is 237 g/mol. The van der Waals surface area contributed by atoms with Crippen molar-refractivity contribution < 1.29 is 4.74 Å². The minimum Gasteiger partial charge on any atom is -0.463 e. The molecule has 1 unspecified atom stereocenters. The van der Waals surface area contributed by atoms with Crippen LogP contribution in [0.4, 0.5) is 0 Å². The van der Waals surface area contributed by atoms with Gasteiger partial charge in [0.2, 0.25) is 10.6 Å². The van der Waals surface area contributed by atoms with Gasteiger partial charge in [-0.3, -0.25) is 0 Å². The highest BCUT2D eigenvalue weighted by Crippen LogP contribution is 2.13. The first-order valence-corrected chi connectivity index (χ1v) is 5.57. The number of aromatic nitrogens is 3. The minimum absolute atomic E-state index is 0.0492. The van der Waals surface area contributed by atoms with Crippen molar-refractivity contribution in [2.75, 3.05) is 6.61 Å². The van der Waals surface area contributed by atoms with E-state index >= 15 is 0 Å². The predicted octanol–water partition coefficient (Wildman–Crippen LogP) is 2.99. The predicted molar refractivity (Wildman–Crippen MR) is 59.4 cm³/mol. The summed E-state index contributed by atoms with van der Waals surface area (Å²) in [7, 11) is 0. The first-order valence-electron chi connectivity index (χ1n) is 4.81. The third-order valence-corrected chi connectivity index (χ3v) is 2.18. The molecule has 0 aliphatic carbocycles. The fourth-order valence-corrected chi connectivity index (χ4v) is 1.51. The second kappa shape index (κ2) is 6.08. The Hall–Kier alpha value is -0.610. The van der Waals surface area contributed by atoms with E-state index in [1.807, 2.05) is 0 Å². The van der Waals surface area contributed by atoms with Crippen LogP contribution >= 0.6 is 23.2 Å². The number of hydrogen-bond acceptors (Lipinski definition) is 4. The second-order valence-electron chi connectivity index (χ2n) is 3.36. The number of ether oxygens (including phenoxy) is 1. The van der Waals surface area contributed by atoms with Gasteiger partial charge in [0.15, 0.2) is 0 Å². The van der Waals surface area contributed by atoms with Crippen molar-refractivity contribution in [2.45, 2.75) is 26.7 Å². The molecule has 0 spiro atoms. The van der Waals surface area contributed by atoms with E-state index in [1.54, 1.807) is 0 Å². The van der Waals surface area contributed by atoms with E-state index in [4.69, 9.17) is 27.9 Å². The summed E-state index contributed by atoms with van der Waals surface area (Å²) in [6.45, 7) is 4.80. The van der Waals surface area contributed by atoms with Gasteiger partial charge in [0.25, 0.3) is 0 Å². The molecule has 1 heterocycles. The van der Waals surface area contributed by atoms with Gasteiger partial charge in [-0.1, -0.05) is 20.3 Å². The number of rotatable bonds is 5. The van der Waals surface area contributed by atoms with Gasteiger partial charge in [-0.05, 0) is 35.5 Å². The monoisotopic (exact) mass is 249 g/mol.